The molecular weight excluding hydrogens is 815 g/mol. The number of allylic oxidation sites excluding steroid dienone is 5. The first-order valence-corrected chi connectivity index (χ1v) is 29.3. The van der Waals surface area contributed by atoms with Gasteiger partial charge < -0.3 is 20.3 Å². The van der Waals surface area contributed by atoms with Crippen LogP contribution in [-0.2, 0) is 14.3 Å². The third kappa shape index (κ3) is 51.5. The Balaban J connectivity index is 3.50. The lowest BCUT2D eigenvalue weighted by Gasteiger charge is -2.20. The molecule has 388 valence electrons. The maximum Gasteiger partial charge on any atom is 0.305 e. The molecule has 0 heterocycles. The quantitative estimate of drug-likeness (QED) is 0.0321. The zero-order valence-corrected chi connectivity index (χ0v) is 44.2. The molecule has 3 N–H and O–H groups in total. The van der Waals surface area contributed by atoms with Gasteiger partial charge in [-0.1, -0.05) is 249 Å². The van der Waals surface area contributed by atoms with Crippen molar-refractivity contribution < 1.29 is 24.5 Å². The molecule has 2 atom stereocenters. The molecule has 0 saturated heterocycles. The number of esters is 1. The maximum atomic E-state index is 12.5. The van der Waals surface area contributed by atoms with Gasteiger partial charge in [0, 0.05) is 12.8 Å². The van der Waals surface area contributed by atoms with Crippen LogP contribution in [0, 0.1) is 0 Å². The lowest BCUT2D eigenvalue weighted by atomic mass is 10.0. The molecule has 0 aliphatic rings. The van der Waals surface area contributed by atoms with Crippen LogP contribution in [-0.4, -0.2) is 47.4 Å². The summed E-state index contributed by atoms with van der Waals surface area (Å²) in [5, 5.41) is 23.1. The van der Waals surface area contributed by atoms with Crippen molar-refractivity contribution in [2.45, 2.75) is 321 Å². The van der Waals surface area contributed by atoms with E-state index in [0.717, 1.165) is 70.6 Å². The number of aliphatic hydroxyl groups excluding tert-OH is 2. The summed E-state index contributed by atoms with van der Waals surface area (Å²) in [5.41, 5.74) is 0. The Morgan fingerprint density at radius 2 is 0.712 bits per heavy atom. The summed E-state index contributed by atoms with van der Waals surface area (Å²) in [6, 6.07) is -0.640. The van der Waals surface area contributed by atoms with E-state index >= 15 is 0 Å². The lowest BCUT2D eigenvalue weighted by Crippen LogP contribution is -2.45. The first-order chi connectivity index (χ1) is 32.5. The van der Waals surface area contributed by atoms with Crippen molar-refractivity contribution in [1.29, 1.82) is 0 Å². The van der Waals surface area contributed by atoms with Crippen LogP contribution in [0.1, 0.15) is 309 Å². The molecule has 0 aliphatic carbocycles. The van der Waals surface area contributed by atoms with Gasteiger partial charge in [-0.2, -0.15) is 0 Å². The second-order valence-electron chi connectivity index (χ2n) is 20.0. The predicted molar refractivity (Wildman–Crippen MR) is 287 cm³/mol. The van der Waals surface area contributed by atoms with Gasteiger partial charge in [0.1, 0.15) is 0 Å². The Morgan fingerprint density at radius 3 is 1.08 bits per heavy atom. The molecule has 0 aromatic carbocycles. The van der Waals surface area contributed by atoms with Crippen LogP contribution >= 0.6 is 0 Å². The first kappa shape index (κ1) is 64.1. The van der Waals surface area contributed by atoms with E-state index in [0.29, 0.717) is 19.4 Å². The van der Waals surface area contributed by atoms with Crippen molar-refractivity contribution in [2.24, 2.45) is 0 Å². The molecule has 1 amide bonds. The minimum atomic E-state index is -0.855. The van der Waals surface area contributed by atoms with E-state index in [-0.39, 0.29) is 18.5 Å². The fourth-order valence-corrected chi connectivity index (χ4v) is 8.86. The summed E-state index contributed by atoms with van der Waals surface area (Å²) in [6.45, 7) is 4.87. The SMILES string of the molecule is CCCCCCCC/C=C\CCCCCCCCCC(=O)OCCCCCC/C=C\CCCCCCCCCC(=O)NC(CO)C(O)/C=C/CCCCCCCCCCCCCCCCC. The normalized spacial score (nSPS) is 12.8. The van der Waals surface area contributed by atoms with Crippen LogP contribution in [0.4, 0.5) is 0 Å². The molecule has 2 unspecified atom stereocenters. The molecule has 0 rings (SSSR count). The van der Waals surface area contributed by atoms with Gasteiger partial charge in [-0.3, -0.25) is 9.59 Å². The van der Waals surface area contributed by atoms with E-state index in [1.54, 1.807) is 6.08 Å². The van der Waals surface area contributed by atoms with Gasteiger partial charge in [0.2, 0.25) is 5.91 Å². The van der Waals surface area contributed by atoms with Crippen molar-refractivity contribution in [3.8, 4) is 0 Å². The van der Waals surface area contributed by atoms with E-state index in [4.69, 9.17) is 4.74 Å². The van der Waals surface area contributed by atoms with Crippen molar-refractivity contribution in [3.05, 3.63) is 36.5 Å². The third-order valence-corrected chi connectivity index (χ3v) is 13.4. The number of nitrogens with one attached hydrogen (secondary N) is 1. The molecule has 6 heteroatoms. The minimum absolute atomic E-state index is 0.0146. The number of hydrogen-bond acceptors (Lipinski definition) is 5. The van der Waals surface area contributed by atoms with Crippen LogP contribution in [0.25, 0.3) is 0 Å². The monoisotopic (exact) mass is 928 g/mol. The Morgan fingerprint density at radius 1 is 0.409 bits per heavy atom. The van der Waals surface area contributed by atoms with E-state index in [2.05, 4.69) is 43.5 Å². The Kier molecular flexibility index (Phi) is 54.1. The lowest BCUT2D eigenvalue weighted by molar-refractivity contribution is -0.143. The first-order valence-electron chi connectivity index (χ1n) is 29.3. The summed E-state index contributed by atoms with van der Waals surface area (Å²) in [4.78, 5) is 24.5. The highest BCUT2D eigenvalue weighted by Crippen LogP contribution is 2.16. The molecule has 66 heavy (non-hydrogen) atoms. The highest BCUT2D eigenvalue weighted by molar-refractivity contribution is 5.76. The molecule has 0 fully saturated rings. The summed E-state index contributed by atoms with van der Waals surface area (Å²) in [5.74, 6) is -0.0968. The second kappa shape index (κ2) is 55.7. The highest BCUT2D eigenvalue weighted by Gasteiger charge is 2.18. The van der Waals surface area contributed by atoms with Crippen molar-refractivity contribution in [2.75, 3.05) is 13.2 Å². The van der Waals surface area contributed by atoms with Crippen molar-refractivity contribution >= 4 is 11.9 Å². The second-order valence-corrected chi connectivity index (χ2v) is 20.0. The third-order valence-electron chi connectivity index (χ3n) is 13.4. The minimum Gasteiger partial charge on any atom is -0.466 e. The number of ether oxygens (including phenoxy) is 1. The Labute approximate surface area is 411 Å². The van der Waals surface area contributed by atoms with Gasteiger partial charge in [0.15, 0.2) is 0 Å². The number of carbonyl (C=O) groups excluding carboxylic acids is 2. The molecule has 0 spiro atoms. The number of carbonyl (C=O) groups is 2. The molecule has 6 nitrogen and oxygen atoms in total. The zero-order valence-electron chi connectivity index (χ0n) is 44.2. The molecule has 0 radical (unpaired) electrons. The Bertz CT molecular complexity index is 1070. The van der Waals surface area contributed by atoms with Gasteiger partial charge in [-0.15, -0.1) is 0 Å². The summed E-state index contributed by atoms with van der Waals surface area (Å²) >= 11 is 0. The van der Waals surface area contributed by atoms with Gasteiger partial charge in [0.25, 0.3) is 0 Å². The summed E-state index contributed by atoms with van der Waals surface area (Å²) in [6.07, 6.45) is 68.7. The smallest absolute Gasteiger partial charge is 0.305 e. The topological polar surface area (TPSA) is 95.9 Å². The number of amides is 1. The van der Waals surface area contributed by atoms with Gasteiger partial charge >= 0.3 is 5.97 Å². The molecular formula is C60H113NO5. The molecule has 0 aromatic heterocycles. The van der Waals surface area contributed by atoms with Crippen LogP contribution in [0.3, 0.4) is 0 Å². The zero-order chi connectivity index (χ0) is 47.9. The number of aliphatic hydroxyl groups is 2. The fraction of sp³-hybridized carbons (Fsp3) is 0.867. The number of rotatable bonds is 54. The molecule has 0 aliphatic heterocycles. The van der Waals surface area contributed by atoms with E-state index in [9.17, 15) is 19.8 Å². The van der Waals surface area contributed by atoms with Gasteiger partial charge in [-0.05, 0) is 83.5 Å². The molecule has 0 saturated carbocycles. The van der Waals surface area contributed by atoms with Crippen LogP contribution in [0.5, 0.6) is 0 Å². The maximum absolute atomic E-state index is 12.5. The van der Waals surface area contributed by atoms with E-state index in [1.807, 2.05) is 6.08 Å². The van der Waals surface area contributed by atoms with Crippen LogP contribution < -0.4 is 5.32 Å². The standard InChI is InChI=1S/C60H113NO5/c1-3-5-7-9-11-13-15-17-19-21-24-28-32-36-40-44-48-52-58(63)57(56-62)61-59(64)53-49-45-41-37-33-29-25-23-27-31-35-39-43-47-51-55-66-60(65)54-50-46-42-38-34-30-26-22-20-18-16-14-12-10-8-6-4-2/h18,20,27,31,48,52,57-58,62-63H,3-17,19,21-26,28-30,32-47,49-51,53-56H2,1-2H3,(H,61,64)/b20-18-,31-27-,52-48+. The summed E-state index contributed by atoms with van der Waals surface area (Å²) < 4.78 is 5.47. The average molecular weight is 929 g/mol. The van der Waals surface area contributed by atoms with Crippen molar-refractivity contribution in [1.82, 2.24) is 5.32 Å². The van der Waals surface area contributed by atoms with Gasteiger partial charge in [-0.25, -0.2) is 0 Å². The van der Waals surface area contributed by atoms with E-state index < -0.39 is 12.1 Å². The number of hydrogen-bond donors (Lipinski definition) is 3. The predicted octanol–water partition coefficient (Wildman–Crippen LogP) is 18.0. The summed E-state index contributed by atoms with van der Waals surface area (Å²) in [7, 11) is 0. The number of unbranched alkanes of at least 4 members (excludes halogenated alkanes) is 39. The van der Waals surface area contributed by atoms with Crippen LogP contribution in [0.15, 0.2) is 36.5 Å². The van der Waals surface area contributed by atoms with Crippen molar-refractivity contribution in [3.63, 3.8) is 0 Å². The molecule has 0 bridgehead atoms. The Hall–Kier alpha value is -1.92. The largest absolute Gasteiger partial charge is 0.466 e. The highest BCUT2D eigenvalue weighted by atomic mass is 16.5. The average Bonchev–Trinajstić information content (AvgIpc) is 3.32. The fourth-order valence-electron chi connectivity index (χ4n) is 8.86. The molecule has 0 aromatic rings. The van der Waals surface area contributed by atoms with Gasteiger partial charge in [0.05, 0.1) is 25.4 Å². The van der Waals surface area contributed by atoms with E-state index in [1.165, 1.54) is 212 Å². The van der Waals surface area contributed by atoms with Crippen LogP contribution in [0.2, 0.25) is 0 Å².